The second-order valence-corrected chi connectivity index (χ2v) is 4.94. The Kier molecular flexibility index (Phi) is 9.99. The molecule has 0 aliphatic heterocycles. The molecule has 1 aromatic rings. The maximum absolute atomic E-state index is 5.66. The Hall–Kier alpha value is -0.420. The second kappa shape index (κ2) is 11.4. The van der Waals surface area contributed by atoms with Crippen LogP contribution in [-0.4, -0.2) is 45.5 Å². The van der Waals surface area contributed by atoms with Gasteiger partial charge in [0.1, 0.15) is 0 Å². The van der Waals surface area contributed by atoms with Crippen LogP contribution in [0.4, 0.5) is 0 Å². The van der Waals surface area contributed by atoms with E-state index in [-0.39, 0.29) is 0 Å². The first-order chi connectivity index (χ1) is 9.38. The summed E-state index contributed by atoms with van der Waals surface area (Å²) in [5, 5.41) is 0.908. The van der Waals surface area contributed by atoms with E-state index in [1.165, 1.54) is 5.56 Å². The first-order valence-corrected chi connectivity index (χ1v) is 7.76. The molecule has 0 bridgehead atoms. The van der Waals surface area contributed by atoms with Crippen molar-refractivity contribution in [2.45, 2.75) is 12.3 Å². The Labute approximate surface area is 124 Å². The van der Waals surface area contributed by atoms with Crippen molar-refractivity contribution in [2.24, 2.45) is 0 Å². The van der Waals surface area contributed by atoms with Gasteiger partial charge in [-0.2, -0.15) is 0 Å². The molecule has 0 aliphatic carbocycles. The third kappa shape index (κ3) is 7.67. The lowest BCUT2D eigenvalue weighted by Crippen LogP contribution is -2.13. The number of ether oxygens (including phenoxy) is 3. The van der Waals surface area contributed by atoms with E-state index in [4.69, 9.17) is 14.2 Å². The molecule has 1 unspecified atom stereocenters. The van der Waals surface area contributed by atoms with Gasteiger partial charge in [-0.1, -0.05) is 46.3 Å². The van der Waals surface area contributed by atoms with E-state index in [0.29, 0.717) is 19.1 Å². The van der Waals surface area contributed by atoms with Crippen molar-refractivity contribution >= 4 is 15.9 Å². The van der Waals surface area contributed by atoms with Gasteiger partial charge in [0, 0.05) is 31.6 Å². The summed E-state index contributed by atoms with van der Waals surface area (Å²) in [5.74, 6) is 0.398. The summed E-state index contributed by atoms with van der Waals surface area (Å²) >= 11 is 3.54. The van der Waals surface area contributed by atoms with Crippen LogP contribution in [0.25, 0.3) is 0 Å². The lowest BCUT2D eigenvalue weighted by molar-refractivity contribution is 0.0367. The van der Waals surface area contributed by atoms with Crippen molar-refractivity contribution in [1.29, 1.82) is 0 Å². The van der Waals surface area contributed by atoms with Crippen molar-refractivity contribution in [3.63, 3.8) is 0 Å². The molecule has 0 radical (unpaired) electrons. The molecule has 0 saturated heterocycles. The van der Waals surface area contributed by atoms with Gasteiger partial charge >= 0.3 is 0 Å². The Morgan fingerprint density at radius 2 is 1.74 bits per heavy atom. The summed E-state index contributed by atoms with van der Waals surface area (Å²) in [7, 11) is 1.70. The molecular weight excluding hydrogens is 308 g/mol. The maximum atomic E-state index is 5.66. The zero-order chi connectivity index (χ0) is 13.8. The quantitative estimate of drug-likeness (QED) is 0.460. The van der Waals surface area contributed by atoms with Crippen molar-refractivity contribution in [2.75, 3.05) is 45.5 Å². The van der Waals surface area contributed by atoms with Crippen LogP contribution in [0.5, 0.6) is 0 Å². The Balaban J connectivity index is 2.07. The van der Waals surface area contributed by atoms with Crippen molar-refractivity contribution in [1.82, 2.24) is 0 Å². The molecule has 3 nitrogen and oxygen atoms in total. The normalized spacial score (nSPS) is 12.5. The highest BCUT2D eigenvalue weighted by Gasteiger charge is 2.09. The van der Waals surface area contributed by atoms with E-state index in [1.54, 1.807) is 7.11 Å². The van der Waals surface area contributed by atoms with Gasteiger partial charge in [0.15, 0.2) is 0 Å². The zero-order valence-corrected chi connectivity index (χ0v) is 13.1. The first kappa shape index (κ1) is 16.6. The SMILES string of the molecule is COCCCOCCOCC(CBr)c1ccccc1. The molecule has 19 heavy (non-hydrogen) atoms. The minimum atomic E-state index is 0.398. The van der Waals surface area contributed by atoms with Gasteiger partial charge in [-0.3, -0.25) is 0 Å². The topological polar surface area (TPSA) is 27.7 Å². The van der Waals surface area contributed by atoms with Crippen molar-refractivity contribution in [3.8, 4) is 0 Å². The third-order valence-corrected chi connectivity index (χ3v) is 3.57. The highest BCUT2D eigenvalue weighted by molar-refractivity contribution is 9.09. The van der Waals surface area contributed by atoms with Crippen LogP contribution in [0.1, 0.15) is 17.9 Å². The Morgan fingerprint density at radius 1 is 1.00 bits per heavy atom. The summed E-state index contributed by atoms with van der Waals surface area (Å²) < 4.78 is 16.0. The van der Waals surface area contributed by atoms with Crippen molar-refractivity contribution in [3.05, 3.63) is 35.9 Å². The smallest absolute Gasteiger partial charge is 0.0700 e. The van der Waals surface area contributed by atoms with Crippen LogP contribution >= 0.6 is 15.9 Å². The minimum Gasteiger partial charge on any atom is -0.385 e. The summed E-state index contributed by atoms with van der Waals surface area (Å²) in [4.78, 5) is 0. The summed E-state index contributed by atoms with van der Waals surface area (Å²) in [6, 6.07) is 10.4. The third-order valence-electron chi connectivity index (χ3n) is 2.79. The largest absolute Gasteiger partial charge is 0.385 e. The fraction of sp³-hybridized carbons (Fsp3) is 0.600. The van der Waals surface area contributed by atoms with E-state index < -0.39 is 0 Å². The minimum absolute atomic E-state index is 0.398. The van der Waals surface area contributed by atoms with Crippen LogP contribution in [0.2, 0.25) is 0 Å². The van der Waals surface area contributed by atoms with Gasteiger partial charge in [0.25, 0.3) is 0 Å². The zero-order valence-electron chi connectivity index (χ0n) is 11.5. The van der Waals surface area contributed by atoms with Gasteiger partial charge in [0.05, 0.1) is 19.8 Å². The summed E-state index contributed by atoms with van der Waals surface area (Å²) in [6.07, 6.45) is 0.935. The second-order valence-electron chi connectivity index (χ2n) is 4.30. The van der Waals surface area contributed by atoms with Crippen LogP contribution in [0.15, 0.2) is 30.3 Å². The lowest BCUT2D eigenvalue weighted by atomic mass is 10.0. The number of benzene rings is 1. The maximum Gasteiger partial charge on any atom is 0.0700 e. The Morgan fingerprint density at radius 3 is 2.42 bits per heavy atom. The van der Waals surface area contributed by atoms with Crippen LogP contribution in [0.3, 0.4) is 0 Å². The number of hydrogen-bond acceptors (Lipinski definition) is 3. The van der Waals surface area contributed by atoms with Gasteiger partial charge < -0.3 is 14.2 Å². The fourth-order valence-electron chi connectivity index (χ4n) is 1.71. The molecule has 1 aromatic carbocycles. The van der Waals surface area contributed by atoms with Gasteiger partial charge in [-0.15, -0.1) is 0 Å². The highest BCUT2D eigenvalue weighted by Crippen LogP contribution is 2.18. The van der Waals surface area contributed by atoms with Gasteiger partial charge in [-0.05, 0) is 12.0 Å². The molecule has 108 valence electrons. The van der Waals surface area contributed by atoms with Crippen LogP contribution in [-0.2, 0) is 14.2 Å². The summed E-state index contributed by atoms with van der Waals surface area (Å²) in [5.41, 5.74) is 1.31. The van der Waals surface area contributed by atoms with E-state index in [2.05, 4.69) is 40.2 Å². The summed E-state index contributed by atoms with van der Waals surface area (Å²) in [6.45, 7) is 3.49. The number of halogens is 1. The molecule has 4 heteroatoms. The molecule has 0 amide bonds. The average Bonchev–Trinajstić information content (AvgIpc) is 2.47. The average molecular weight is 331 g/mol. The molecule has 0 fully saturated rings. The molecule has 1 rings (SSSR count). The molecule has 0 saturated carbocycles. The van der Waals surface area contributed by atoms with Crippen molar-refractivity contribution < 1.29 is 14.2 Å². The van der Waals surface area contributed by atoms with E-state index in [0.717, 1.165) is 31.6 Å². The van der Waals surface area contributed by atoms with Crippen LogP contribution in [0, 0.1) is 0 Å². The molecular formula is C15H23BrO3. The molecule has 0 spiro atoms. The fourth-order valence-corrected chi connectivity index (χ4v) is 2.27. The highest BCUT2D eigenvalue weighted by atomic mass is 79.9. The number of hydrogen-bond donors (Lipinski definition) is 0. The predicted molar refractivity (Wildman–Crippen MR) is 81.1 cm³/mol. The molecule has 0 heterocycles. The predicted octanol–water partition coefficient (Wildman–Crippen LogP) is 3.23. The Bertz CT molecular complexity index is 306. The van der Waals surface area contributed by atoms with E-state index in [9.17, 15) is 0 Å². The standard InChI is InChI=1S/C15H23BrO3/c1-17-8-5-9-18-10-11-19-13-15(12-16)14-6-3-2-4-7-14/h2-4,6-7,15H,5,8-13H2,1H3. The monoisotopic (exact) mass is 330 g/mol. The lowest BCUT2D eigenvalue weighted by Gasteiger charge is -2.14. The first-order valence-electron chi connectivity index (χ1n) is 6.63. The van der Waals surface area contributed by atoms with Crippen LogP contribution < -0.4 is 0 Å². The van der Waals surface area contributed by atoms with Gasteiger partial charge in [0.2, 0.25) is 0 Å². The van der Waals surface area contributed by atoms with E-state index >= 15 is 0 Å². The number of alkyl halides is 1. The molecule has 0 aliphatic rings. The molecule has 0 aromatic heterocycles. The molecule has 0 N–H and O–H groups in total. The number of methoxy groups -OCH3 is 1. The van der Waals surface area contributed by atoms with E-state index in [1.807, 2.05) is 6.07 Å². The van der Waals surface area contributed by atoms with Gasteiger partial charge in [-0.25, -0.2) is 0 Å². The molecule has 1 atom stereocenters. The number of rotatable bonds is 11.